The average molecular weight is 466 g/mol. The van der Waals surface area contributed by atoms with Crippen molar-refractivity contribution in [3.8, 4) is 22.6 Å². The Morgan fingerprint density at radius 1 is 1.06 bits per heavy atom. The Hall–Kier alpha value is -4.59. The molecule has 0 atom stereocenters. The molecule has 174 valence electrons. The van der Waals surface area contributed by atoms with E-state index in [0.29, 0.717) is 28.1 Å². The summed E-state index contributed by atoms with van der Waals surface area (Å²) in [7, 11) is 3.99. The van der Waals surface area contributed by atoms with Gasteiger partial charge < -0.3 is 9.88 Å². The van der Waals surface area contributed by atoms with Gasteiger partial charge in [-0.15, -0.1) is 0 Å². The highest BCUT2D eigenvalue weighted by Crippen LogP contribution is 2.31. The van der Waals surface area contributed by atoms with Gasteiger partial charge in [-0.3, -0.25) is 10.1 Å². The van der Waals surface area contributed by atoms with E-state index in [2.05, 4.69) is 32.8 Å². The molecule has 0 radical (unpaired) electrons. The molecule has 0 bridgehead atoms. The van der Waals surface area contributed by atoms with Gasteiger partial charge in [0.25, 0.3) is 0 Å². The van der Waals surface area contributed by atoms with Crippen LogP contribution < -0.4 is 0 Å². The number of fused-ring (bicyclic) bond motifs is 2. The largest absolute Gasteiger partial charge is 0.381 e. The van der Waals surface area contributed by atoms with Crippen molar-refractivity contribution < 1.29 is 4.39 Å². The van der Waals surface area contributed by atoms with E-state index in [1.54, 1.807) is 24.5 Å². The SMILES string of the molecule is C=C/C=C(\C=C(/C)N(C)C)c1ccc2[nH]nc(-c3nc4c(-c5cccc(F)c5)cncc4[nH]3)c2n1. The van der Waals surface area contributed by atoms with Crippen LogP contribution in [0.4, 0.5) is 4.39 Å². The zero-order valence-electron chi connectivity index (χ0n) is 19.7. The number of hydrogen-bond donors (Lipinski definition) is 2. The zero-order chi connectivity index (χ0) is 24.5. The quantitative estimate of drug-likeness (QED) is 0.313. The van der Waals surface area contributed by atoms with Gasteiger partial charge in [0.05, 0.1) is 28.4 Å². The zero-order valence-corrected chi connectivity index (χ0v) is 19.7. The van der Waals surface area contributed by atoms with Crippen LogP contribution in [0.3, 0.4) is 0 Å². The number of allylic oxidation sites excluding steroid dienone is 5. The summed E-state index contributed by atoms with van der Waals surface area (Å²) in [5.74, 6) is 0.239. The first-order chi connectivity index (χ1) is 16.9. The lowest BCUT2D eigenvalue weighted by molar-refractivity contribution is 0.514. The van der Waals surface area contributed by atoms with Crippen molar-refractivity contribution in [1.29, 1.82) is 0 Å². The molecular weight excluding hydrogens is 441 g/mol. The number of hydrogen-bond acceptors (Lipinski definition) is 5. The van der Waals surface area contributed by atoms with Crippen LogP contribution in [0.25, 0.3) is 50.3 Å². The Kier molecular flexibility index (Phi) is 5.70. The van der Waals surface area contributed by atoms with Crippen molar-refractivity contribution in [3.63, 3.8) is 0 Å². The highest BCUT2D eigenvalue weighted by atomic mass is 19.1. The Bertz CT molecular complexity index is 1620. The summed E-state index contributed by atoms with van der Waals surface area (Å²) in [6.45, 7) is 5.89. The average Bonchev–Trinajstić information content (AvgIpc) is 3.47. The van der Waals surface area contributed by atoms with Gasteiger partial charge in [-0.25, -0.2) is 14.4 Å². The second-order valence-corrected chi connectivity index (χ2v) is 8.38. The van der Waals surface area contributed by atoms with Crippen molar-refractivity contribution >= 4 is 27.6 Å². The van der Waals surface area contributed by atoms with Crippen LogP contribution >= 0.6 is 0 Å². The first-order valence-corrected chi connectivity index (χ1v) is 11.1. The molecule has 5 aromatic rings. The van der Waals surface area contributed by atoms with Crippen LogP contribution in [0.5, 0.6) is 0 Å². The van der Waals surface area contributed by atoms with E-state index in [0.717, 1.165) is 33.6 Å². The fraction of sp³-hybridized carbons (Fsp3) is 0.111. The van der Waals surface area contributed by atoms with E-state index < -0.39 is 0 Å². The van der Waals surface area contributed by atoms with Crippen molar-refractivity contribution in [2.45, 2.75) is 6.92 Å². The summed E-state index contributed by atoms with van der Waals surface area (Å²) < 4.78 is 13.8. The summed E-state index contributed by atoms with van der Waals surface area (Å²) in [6, 6.07) is 10.3. The van der Waals surface area contributed by atoms with Crippen LogP contribution in [-0.2, 0) is 0 Å². The molecule has 4 heterocycles. The first-order valence-electron chi connectivity index (χ1n) is 11.1. The maximum absolute atomic E-state index is 13.8. The van der Waals surface area contributed by atoms with Gasteiger partial charge in [-0.1, -0.05) is 30.9 Å². The number of aromatic nitrogens is 6. The molecular formula is C27H24FN7. The molecule has 35 heavy (non-hydrogen) atoms. The Balaban J connectivity index is 1.63. The summed E-state index contributed by atoms with van der Waals surface area (Å²) in [5, 5.41) is 7.53. The van der Waals surface area contributed by atoms with Crippen LogP contribution in [0.15, 0.2) is 79.3 Å². The predicted octanol–water partition coefficient (Wildman–Crippen LogP) is 5.74. The minimum Gasteiger partial charge on any atom is -0.381 e. The van der Waals surface area contributed by atoms with E-state index in [9.17, 15) is 4.39 Å². The number of imidazole rings is 1. The molecule has 5 rings (SSSR count). The third-order valence-corrected chi connectivity index (χ3v) is 5.82. The lowest BCUT2D eigenvalue weighted by Crippen LogP contribution is -2.08. The van der Waals surface area contributed by atoms with Crippen molar-refractivity contribution in [3.05, 3.63) is 90.8 Å². The van der Waals surface area contributed by atoms with Gasteiger partial charge in [0, 0.05) is 37.1 Å². The molecule has 0 amide bonds. The van der Waals surface area contributed by atoms with Gasteiger partial charge in [0.2, 0.25) is 0 Å². The number of pyridine rings is 2. The standard InChI is InChI=1S/C27H24FN7/c1-5-7-18(12-16(2)35(3)4)21-10-11-22-25(30-21)26(34-33-22)27-31-23-15-29-14-20(24(23)32-27)17-8-6-9-19(28)13-17/h5-15H,1H2,2-4H3,(H,31,32)(H,33,34)/b16-12+,18-7+. The van der Waals surface area contributed by atoms with Gasteiger partial charge in [-0.05, 0) is 42.8 Å². The monoisotopic (exact) mass is 465 g/mol. The summed E-state index contributed by atoms with van der Waals surface area (Å²) >= 11 is 0. The third-order valence-electron chi connectivity index (χ3n) is 5.82. The molecule has 8 heteroatoms. The minimum absolute atomic E-state index is 0.313. The van der Waals surface area contributed by atoms with Gasteiger partial charge in [0.15, 0.2) is 11.5 Å². The van der Waals surface area contributed by atoms with Crippen LogP contribution in [-0.4, -0.2) is 49.1 Å². The number of nitrogens with one attached hydrogen (secondary N) is 2. The summed E-state index contributed by atoms with van der Waals surface area (Å²) in [6.07, 6.45) is 9.12. The van der Waals surface area contributed by atoms with E-state index in [1.807, 2.05) is 50.2 Å². The van der Waals surface area contributed by atoms with E-state index in [-0.39, 0.29) is 5.82 Å². The minimum atomic E-state index is -0.313. The van der Waals surface area contributed by atoms with E-state index in [1.165, 1.54) is 12.1 Å². The second kappa shape index (κ2) is 8.98. The number of rotatable bonds is 6. The normalized spacial score (nSPS) is 12.5. The highest BCUT2D eigenvalue weighted by Gasteiger charge is 2.17. The van der Waals surface area contributed by atoms with Gasteiger partial charge in [0.1, 0.15) is 11.3 Å². The molecule has 1 aromatic carbocycles. The third kappa shape index (κ3) is 4.21. The summed E-state index contributed by atoms with van der Waals surface area (Å²) in [4.78, 5) is 19.4. The Morgan fingerprint density at radius 3 is 2.69 bits per heavy atom. The maximum Gasteiger partial charge on any atom is 0.161 e. The molecule has 4 aromatic heterocycles. The van der Waals surface area contributed by atoms with Crippen molar-refractivity contribution in [1.82, 2.24) is 35.0 Å². The van der Waals surface area contributed by atoms with Crippen LogP contribution in [0.1, 0.15) is 12.6 Å². The van der Waals surface area contributed by atoms with Gasteiger partial charge >= 0.3 is 0 Å². The molecule has 0 aliphatic heterocycles. The highest BCUT2D eigenvalue weighted by molar-refractivity contribution is 5.95. The second-order valence-electron chi connectivity index (χ2n) is 8.38. The predicted molar refractivity (Wildman–Crippen MR) is 138 cm³/mol. The lowest BCUT2D eigenvalue weighted by atomic mass is 10.1. The number of aromatic amines is 2. The van der Waals surface area contributed by atoms with Gasteiger partial charge in [-0.2, -0.15) is 5.10 Å². The molecule has 0 saturated heterocycles. The molecule has 0 saturated carbocycles. The number of nitrogens with zero attached hydrogens (tertiary/aromatic N) is 5. The topological polar surface area (TPSA) is 86.4 Å². The molecule has 0 aliphatic rings. The maximum atomic E-state index is 13.8. The molecule has 0 unspecified atom stereocenters. The number of benzene rings is 1. The molecule has 2 N–H and O–H groups in total. The lowest BCUT2D eigenvalue weighted by Gasteiger charge is -2.13. The first kappa shape index (κ1) is 22.2. The van der Waals surface area contributed by atoms with Crippen LogP contribution in [0.2, 0.25) is 0 Å². The smallest absolute Gasteiger partial charge is 0.161 e. The van der Waals surface area contributed by atoms with Crippen LogP contribution in [0, 0.1) is 5.82 Å². The Morgan fingerprint density at radius 2 is 1.91 bits per heavy atom. The molecule has 0 fully saturated rings. The molecule has 0 aliphatic carbocycles. The number of halogens is 1. The van der Waals surface area contributed by atoms with Crippen molar-refractivity contribution in [2.24, 2.45) is 0 Å². The van der Waals surface area contributed by atoms with E-state index in [4.69, 9.17) is 9.97 Å². The van der Waals surface area contributed by atoms with E-state index >= 15 is 0 Å². The van der Waals surface area contributed by atoms with Crippen molar-refractivity contribution in [2.75, 3.05) is 14.1 Å². The fourth-order valence-electron chi connectivity index (χ4n) is 3.83. The molecule has 7 nitrogen and oxygen atoms in total. The summed E-state index contributed by atoms with van der Waals surface area (Å²) in [5.41, 5.74) is 7.73. The number of H-pyrrole nitrogens is 2. The Labute approximate surface area is 201 Å². The fourth-order valence-corrected chi connectivity index (χ4v) is 3.83. The molecule has 0 spiro atoms.